The molecule has 1 aromatic rings. The summed E-state index contributed by atoms with van der Waals surface area (Å²) in [6.07, 6.45) is 2.07. The molecule has 0 aliphatic rings. The molecule has 0 N–H and O–H groups in total. The Kier molecular flexibility index (Phi) is 4.64. The number of hydrogen-bond acceptors (Lipinski definition) is 4. The molecule has 98 valence electrons. The van der Waals surface area contributed by atoms with Crippen molar-refractivity contribution in [2.45, 2.75) is 38.4 Å². The lowest BCUT2D eigenvalue weighted by Gasteiger charge is -2.25. The van der Waals surface area contributed by atoms with Gasteiger partial charge < -0.3 is 4.74 Å². The van der Waals surface area contributed by atoms with Crippen LogP contribution in [0, 0.1) is 11.3 Å². The van der Waals surface area contributed by atoms with Crippen molar-refractivity contribution in [1.29, 1.82) is 5.26 Å². The third-order valence-corrected chi connectivity index (χ3v) is 3.81. The molecule has 0 aliphatic carbocycles. The molecule has 1 aromatic heterocycles. The van der Waals surface area contributed by atoms with Crippen molar-refractivity contribution in [2.75, 3.05) is 13.4 Å². The smallest absolute Gasteiger partial charge is 0.182 e. The van der Waals surface area contributed by atoms with Crippen molar-refractivity contribution in [3.63, 3.8) is 0 Å². The predicted octanol–water partition coefficient (Wildman–Crippen LogP) is 3.68. The van der Waals surface area contributed by atoms with Crippen molar-refractivity contribution in [1.82, 2.24) is 4.98 Å². The Morgan fingerprint density at radius 3 is 2.44 bits per heavy atom. The SMILES string of the molecule is COc1cc(C(C)SC)c(C(C)(C)C)nc1C#N. The molecule has 0 radical (unpaired) electrons. The lowest BCUT2D eigenvalue weighted by atomic mass is 9.87. The summed E-state index contributed by atoms with van der Waals surface area (Å²) in [5, 5.41) is 9.46. The molecule has 0 fully saturated rings. The maximum absolute atomic E-state index is 9.13. The fraction of sp³-hybridized carbons (Fsp3) is 0.571. The summed E-state index contributed by atoms with van der Waals surface area (Å²) in [5.74, 6) is 0.557. The van der Waals surface area contributed by atoms with Gasteiger partial charge in [-0.15, -0.1) is 0 Å². The third-order valence-electron chi connectivity index (χ3n) is 2.84. The Balaban J connectivity index is 3.52. The molecule has 0 aromatic carbocycles. The molecule has 4 heteroatoms. The van der Waals surface area contributed by atoms with Crippen LogP contribution in [0.5, 0.6) is 5.75 Å². The molecule has 0 bridgehead atoms. The highest BCUT2D eigenvalue weighted by atomic mass is 32.2. The van der Waals surface area contributed by atoms with Crippen LogP contribution < -0.4 is 4.74 Å². The van der Waals surface area contributed by atoms with Gasteiger partial charge in [0.05, 0.1) is 12.8 Å². The number of aromatic nitrogens is 1. The van der Waals surface area contributed by atoms with Crippen LogP contribution in [-0.2, 0) is 5.41 Å². The minimum absolute atomic E-state index is 0.0861. The fourth-order valence-corrected chi connectivity index (χ4v) is 2.22. The molecule has 1 unspecified atom stereocenters. The van der Waals surface area contributed by atoms with Gasteiger partial charge in [0, 0.05) is 10.7 Å². The molecule has 0 spiro atoms. The second-order valence-electron chi connectivity index (χ2n) is 5.22. The molecule has 0 saturated carbocycles. The van der Waals surface area contributed by atoms with E-state index < -0.39 is 0 Å². The largest absolute Gasteiger partial charge is 0.494 e. The number of hydrogen-bond donors (Lipinski definition) is 0. The topological polar surface area (TPSA) is 45.9 Å². The van der Waals surface area contributed by atoms with Gasteiger partial charge in [0.2, 0.25) is 0 Å². The summed E-state index contributed by atoms with van der Waals surface area (Å²) < 4.78 is 5.24. The zero-order chi connectivity index (χ0) is 13.9. The maximum atomic E-state index is 9.13. The Hall–Kier alpha value is -1.21. The minimum Gasteiger partial charge on any atom is -0.494 e. The van der Waals surface area contributed by atoms with Crippen LogP contribution in [0.15, 0.2) is 6.07 Å². The van der Waals surface area contributed by atoms with Crippen molar-refractivity contribution in [3.05, 3.63) is 23.0 Å². The first-order chi connectivity index (χ1) is 8.35. The second kappa shape index (κ2) is 5.62. The number of methoxy groups -OCH3 is 1. The summed E-state index contributed by atoms with van der Waals surface area (Å²) in [5.41, 5.74) is 2.39. The van der Waals surface area contributed by atoms with Crippen LogP contribution in [0.4, 0.5) is 0 Å². The van der Waals surface area contributed by atoms with Gasteiger partial charge in [-0.2, -0.15) is 17.0 Å². The van der Waals surface area contributed by atoms with E-state index in [-0.39, 0.29) is 5.41 Å². The summed E-state index contributed by atoms with van der Waals surface area (Å²) in [4.78, 5) is 4.50. The standard InChI is InChI=1S/C14H20N2OS/c1-9(18-6)10-7-12(17-5)11(8-15)16-13(10)14(2,3)4/h7,9H,1-6H3. The Labute approximate surface area is 114 Å². The quantitative estimate of drug-likeness (QED) is 0.835. The molecule has 0 saturated heterocycles. The molecule has 1 rings (SSSR count). The lowest BCUT2D eigenvalue weighted by molar-refractivity contribution is 0.408. The molecular weight excluding hydrogens is 244 g/mol. The summed E-state index contributed by atoms with van der Waals surface area (Å²) in [6.45, 7) is 8.47. The lowest BCUT2D eigenvalue weighted by Crippen LogP contribution is -2.18. The Bertz CT molecular complexity index is 472. The highest BCUT2D eigenvalue weighted by Gasteiger charge is 2.25. The monoisotopic (exact) mass is 264 g/mol. The summed E-state index contributed by atoms with van der Waals surface area (Å²) in [7, 11) is 1.57. The zero-order valence-electron chi connectivity index (χ0n) is 11.9. The van der Waals surface area contributed by atoms with Crippen LogP contribution in [0.1, 0.15) is 49.9 Å². The molecule has 0 amide bonds. The van der Waals surface area contributed by atoms with Crippen LogP contribution >= 0.6 is 11.8 Å². The number of ether oxygens (including phenoxy) is 1. The first-order valence-electron chi connectivity index (χ1n) is 5.87. The van der Waals surface area contributed by atoms with Crippen molar-refractivity contribution in [2.24, 2.45) is 0 Å². The zero-order valence-corrected chi connectivity index (χ0v) is 12.7. The molecule has 3 nitrogen and oxygen atoms in total. The van der Waals surface area contributed by atoms with Gasteiger partial charge in [-0.3, -0.25) is 0 Å². The third kappa shape index (κ3) is 2.97. The number of nitriles is 1. The second-order valence-corrected chi connectivity index (χ2v) is 6.40. The van der Waals surface area contributed by atoms with Crippen molar-refractivity contribution in [3.8, 4) is 11.8 Å². The van der Waals surface area contributed by atoms with E-state index in [0.29, 0.717) is 16.7 Å². The average Bonchev–Trinajstić information content (AvgIpc) is 2.34. The van der Waals surface area contributed by atoms with E-state index in [1.54, 1.807) is 18.9 Å². The molecule has 18 heavy (non-hydrogen) atoms. The van der Waals surface area contributed by atoms with Crippen molar-refractivity contribution >= 4 is 11.8 Å². The molecule has 0 aliphatic heterocycles. The summed E-state index contributed by atoms with van der Waals surface area (Å²) >= 11 is 1.76. The van der Waals surface area contributed by atoms with Gasteiger partial charge in [-0.1, -0.05) is 20.8 Å². The fourth-order valence-electron chi connectivity index (χ4n) is 1.78. The first kappa shape index (κ1) is 14.8. The number of pyridine rings is 1. The maximum Gasteiger partial charge on any atom is 0.182 e. The highest BCUT2D eigenvalue weighted by molar-refractivity contribution is 7.98. The van der Waals surface area contributed by atoms with Crippen LogP contribution in [-0.4, -0.2) is 18.3 Å². The van der Waals surface area contributed by atoms with Gasteiger partial charge in [-0.25, -0.2) is 4.98 Å². The van der Waals surface area contributed by atoms with E-state index in [2.05, 4.69) is 45.0 Å². The predicted molar refractivity (Wildman–Crippen MR) is 76.1 cm³/mol. The Morgan fingerprint density at radius 1 is 1.44 bits per heavy atom. The van der Waals surface area contributed by atoms with Crippen molar-refractivity contribution < 1.29 is 4.74 Å². The van der Waals surface area contributed by atoms with Crippen LogP contribution in [0.25, 0.3) is 0 Å². The normalized spacial score (nSPS) is 12.9. The molecular formula is C14H20N2OS. The van der Waals surface area contributed by atoms with E-state index in [1.807, 2.05) is 6.07 Å². The van der Waals surface area contributed by atoms with E-state index in [1.165, 1.54) is 0 Å². The first-order valence-corrected chi connectivity index (χ1v) is 7.16. The molecule has 1 atom stereocenters. The summed E-state index contributed by atoms with van der Waals surface area (Å²) in [6, 6.07) is 4.05. The Morgan fingerprint density at radius 2 is 2.06 bits per heavy atom. The van der Waals surface area contributed by atoms with Gasteiger partial charge in [0.25, 0.3) is 0 Å². The van der Waals surface area contributed by atoms with Gasteiger partial charge >= 0.3 is 0 Å². The van der Waals surface area contributed by atoms with Gasteiger partial charge in [-0.05, 0) is 24.8 Å². The van der Waals surface area contributed by atoms with E-state index in [9.17, 15) is 0 Å². The minimum atomic E-state index is -0.0861. The van der Waals surface area contributed by atoms with E-state index in [0.717, 1.165) is 11.3 Å². The van der Waals surface area contributed by atoms with Gasteiger partial charge in [0.1, 0.15) is 6.07 Å². The number of rotatable bonds is 3. The molecule has 1 heterocycles. The van der Waals surface area contributed by atoms with Crippen LogP contribution in [0.3, 0.4) is 0 Å². The van der Waals surface area contributed by atoms with E-state index in [4.69, 9.17) is 10.00 Å². The number of nitrogens with zero attached hydrogens (tertiary/aromatic N) is 2. The number of thioether (sulfide) groups is 1. The average molecular weight is 264 g/mol. The van der Waals surface area contributed by atoms with E-state index >= 15 is 0 Å². The highest BCUT2D eigenvalue weighted by Crippen LogP contribution is 2.36. The van der Waals surface area contributed by atoms with Gasteiger partial charge in [0.15, 0.2) is 11.4 Å². The van der Waals surface area contributed by atoms with Crippen LogP contribution in [0.2, 0.25) is 0 Å².